The first-order chi connectivity index (χ1) is 9.88. The van der Waals surface area contributed by atoms with Gasteiger partial charge in [0.15, 0.2) is 0 Å². The van der Waals surface area contributed by atoms with Crippen molar-refractivity contribution in [1.82, 2.24) is 20.4 Å². The van der Waals surface area contributed by atoms with E-state index in [9.17, 15) is 4.79 Å². The molecule has 1 fully saturated rings. The summed E-state index contributed by atoms with van der Waals surface area (Å²) in [6.07, 6.45) is 3.12. The summed E-state index contributed by atoms with van der Waals surface area (Å²) in [6, 6.07) is 3.03. The molecule has 0 bridgehead atoms. The molecule has 0 saturated carbocycles. The third kappa shape index (κ3) is 3.84. The number of likely N-dealkylation sites (tertiary alicyclic amines) is 1. The van der Waals surface area contributed by atoms with Crippen LogP contribution in [0, 0.1) is 6.92 Å². The first kappa shape index (κ1) is 16.0. The second kappa shape index (κ2) is 6.60. The summed E-state index contributed by atoms with van der Waals surface area (Å²) in [6.45, 7) is 10.5. The van der Waals surface area contributed by atoms with Crippen molar-refractivity contribution >= 4 is 5.91 Å². The number of aromatic nitrogens is 2. The summed E-state index contributed by atoms with van der Waals surface area (Å²) < 4.78 is 0. The molecule has 5 heteroatoms. The lowest BCUT2D eigenvalue weighted by Gasteiger charge is -2.32. The second-order valence-corrected chi connectivity index (χ2v) is 6.55. The number of nitrogens with one attached hydrogen (secondary N) is 2. The number of amides is 1. The van der Waals surface area contributed by atoms with Gasteiger partial charge < -0.3 is 5.32 Å². The number of hydrogen-bond acceptors (Lipinski definition) is 3. The predicted octanol–water partition coefficient (Wildman–Crippen LogP) is 2.03. The van der Waals surface area contributed by atoms with E-state index in [4.69, 9.17) is 0 Å². The summed E-state index contributed by atoms with van der Waals surface area (Å²) >= 11 is 0. The third-order valence-corrected chi connectivity index (χ3v) is 4.51. The Bertz CT molecular complexity index is 474. The molecular formula is C16H28N4O. The molecule has 21 heavy (non-hydrogen) atoms. The second-order valence-electron chi connectivity index (χ2n) is 6.55. The predicted molar refractivity (Wildman–Crippen MR) is 84.1 cm³/mol. The standard InChI is InChI=1S/C16H28N4O/c1-10(8-15-9-11(2)18-19-15)17-16(21)14(5)20-12(3)6-7-13(20)4/h9-10,12-14H,6-8H2,1-5H3,(H,17,21)(H,18,19)/t10-,12-,13+,14-/m0/s1. The van der Waals surface area contributed by atoms with E-state index in [1.165, 1.54) is 12.8 Å². The van der Waals surface area contributed by atoms with Crippen LogP contribution in [-0.2, 0) is 11.2 Å². The maximum Gasteiger partial charge on any atom is 0.237 e. The van der Waals surface area contributed by atoms with Crippen molar-refractivity contribution in [2.24, 2.45) is 0 Å². The molecule has 5 nitrogen and oxygen atoms in total. The van der Waals surface area contributed by atoms with E-state index in [-0.39, 0.29) is 18.0 Å². The molecule has 1 amide bonds. The minimum atomic E-state index is -0.0686. The van der Waals surface area contributed by atoms with Crippen LogP contribution in [0.2, 0.25) is 0 Å². The fourth-order valence-corrected chi connectivity index (χ4v) is 3.42. The van der Waals surface area contributed by atoms with Crippen LogP contribution in [0.5, 0.6) is 0 Å². The minimum Gasteiger partial charge on any atom is -0.352 e. The van der Waals surface area contributed by atoms with Gasteiger partial charge in [-0.05, 0) is 53.5 Å². The molecule has 0 aromatic carbocycles. The van der Waals surface area contributed by atoms with Crippen molar-refractivity contribution in [3.63, 3.8) is 0 Å². The molecule has 0 unspecified atom stereocenters. The molecule has 0 aliphatic carbocycles. The number of aromatic amines is 1. The van der Waals surface area contributed by atoms with Crippen molar-refractivity contribution in [3.8, 4) is 0 Å². The summed E-state index contributed by atoms with van der Waals surface area (Å²) in [4.78, 5) is 14.8. The van der Waals surface area contributed by atoms with Gasteiger partial charge in [0.25, 0.3) is 0 Å². The first-order valence-corrected chi connectivity index (χ1v) is 7.97. The third-order valence-electron chi connectivity index (χ3n) is 4.51. The Morgan fingerprint density at radius 3 is 2.57 bits per heavy atom. The van der Waals surface area contributed by atoms with Gasteiger partial charge in [-0.15, -0.1) is 0 Å². The van der Waals surface area contributed by atoms with Crippen molar-refractivity contribution in [3.05, 3.63) is 17.5 Å². The van der Waals surface area contributed by atoms with Crippen molar-refractivity contribution in [2.45, 2.75) is 78.0 Å². The van der Waals surface area contributed by atoms with E-state index < -0.39 is 0 Å². The van der Waals surface area contributed by atoms with Crippen molar-refractivity contribution < 1.29 is 4.79 Å². The Kier molecular flexibility index (Phi) is 5.04. The van der Waals surface area contributed by atoms with E-state index in [0.29, 0.717) is 12.1 Å². The van der Waals surface area contributed by atoms with Gasteiger partial charge in [0, 0.05) is 30.2 Å². The number of aryl methyl sites for hydroxylation is 1. The van der Waals surface area contributed by atoms with Gasteiger partial charge in [0.05, 0.1) is 11.7 Å². The van der Waals surface area contributed by atoms with Crippen molar-refractivity contribution in [1.29, 1.82) is 0 Å². The highest BCUT2D eigenvalue weighted by Gasteiger charge is 2.34. The topological polar surface area (TPSA) is 61.0 Å². The Hall–Kier alpha value is -1.36. The minimum absolute atomic E-state index is 0.0686. The molecule has 1 aromatic rings. The number of H-pyrrole nitrogens is 1. The van der Waals surface area contributed by atoms with Crippen LogP contribution in [0.4, 0.5) is 0 Å². The number of carbonyl (C=O) groups is 1. The highest BCUT2D eigenvalue weighted by Crippen LogP contribution is 2.25. The van der Waals surface area contributed by atoms with Crippen LogP contribution in [0.15, 0.2) is 6.07 Å². The lowest BCUT2D eigenvalue weighted by atomic mass is 10.1. The maximum atomic E-state index is 12.4. The van der Waals surface area contributed by atoms with Crippen LogP contribution >= 0.6 is 0 Å². The number of carbonyl (C=O) groups excluding carboxylic acids is 1. The zero-order valence-electron chi connectivity index (χ0n) is 13.8. The smallest absolute Gasteiger partial charge is 0.237 e. The molecule has 1 aliphatic rings. The number of hydrogen-bond donors (Lipinski definition) is 2. The molecule has 118 valence electrons. The summed E-state index contributed by atoms with van der Waals surface area (Å²) in [7, 11) is 0. The molecule has 0 radical (unpaired) electrons. The molecule has 1 saturated heterocycles. The maximum absolute atomic E-state index is 12.4. The first-order valence-electron chi connectivity index (χ1n) is 7.97. The van der Waals surface area contributed by atoms with E-state index in [1.54, 1.807) is 0 Å². The molecule has 2 rings (SSSR count). The lowest BCUT2D eigenvalue weighted by molar-refractivity contribution is -0.127. The Balaban J connectivity index is 1.88. The van der Waals surface area contributed by atoms with Gasteiger partial charge in [-0.25, -0.2) is 0 Å². The fourth-order valence-electron chi connectivity index (χ4n) is 3.42. The summed E-state index contributed by atoms with van der Waals surface area (Å²) in [5.74, 6) is 0.121. The van der Waals surface area contributed by atoms with E-state index in [2.05, 4.69) is 34.3 Å². The highest BCUT2D eigenvalue weighted by atomic mass is 16.2. The van der Waals surface area contributed by atoms with Gasteiger partial charge in [-0.1, -0.05) is 0 Å². The van der Waals surface area contributed by atoms with E-state index in [1.807, 2.05) is 26.8 Å². The number of rotatable bonds is 5. The van der Waals surface area contributed by atoms with Gasteiger partial charge >= 0.3 is 0 Å². The molecular weight excluding hydrogens is 264 g/mol. The van der Waals surface area contributed by atoms with Crippen molar-refractivity contribution in [2.75, 3.05) is 0 Å². The average Bonchev–Trinajstić information content (AvgIpc) is 2.95. The SMILES string of the molecule is Cc1cc(C[C@H](C)NC(=O)[C@H](C)N2[C@H](C)CC[C@@H]2C)n[nH]1. The Morgan fingerprint density at radius 1 is 1.43 bits per heavy atom. The highest BCUT2D eigenvalue weighted by molar-refractivity contribution is 5.81. The van der Waals surface area contributed by atoms with Crippen LogP contribution in [0.3, 0.4) is 0 Å². The van der Waals surface area contributed by atoms with Crippen LogP contribution in [0.25, 0.3) is 0 Å². The fraction of sp³-hybridized carbons (Fsp3) is 0.750. The van der Waals surface area contributed by atoms with E-state index >= 15 is 0 Å². The van der Waals surface area contributed by atoms with Gasteiger partial charge in [0.1, 0.15) is 0 Å². The molecule has 1 aromatic heterocycles. The zero-order chi connectivity index (χ0) is 15.6. The Morgan fingerprint density at radius 2 is 2.05 bits per heavy atom. The molecule has 0 spiro atoms. The zero-order valence-corrected chi connectivity index (χ0v) is 13.8. The monoisotopic (exact) mass is 292 g/mol. The molecule has 2 N–H and O–H groups in total. The largest absolute Gasteiger partial charge is 0.352 e. The molecule has 1 aliphatic heterocycles. The van der Waals surface area contributed by atoms with Gasteiger partial charge in [-0.2, -0.15) is 5.10 Å². The lowest BCUT2D eigenvalue weighted by Crippen LogP contribution is -2.51. The van der Waals surface area contributed by atoms with E-state index in [0.717, 1.165) is 17.8 Å². The van der Waals surface area contributed by atoms with Crippen LogP contribution in [-0.4, -0.2) is 45.2 Å². The summed E-state index contributed by atoms with van der Waals surface area (Å²) in [5.41, 5.74) is 2.05. The molecule has 4 atom stereocenters. The van der Waals surface area contributed by atoms with Crippen LogP contribution < -0.4 is 5.32 Å². The van der Waals surface area contributed by atoms with Crippen LogP contribution in [0.1, 0.15) is 51.9 Å². The quantitative estimate of drug-likeness (QED) is 0.873. The average molecular weight is 292 g/mol. The normalized spacial score (nSPS) is 25.8. The number of nitrogens with zero attached hydrogens (tertiary/aromatic N) is 2. The Labute approximate surface area is 127 Å². The summed E-state index contributed by atoms with van der Waals surface area (Å²) in [5, 5.41) is 10.3. The molecule has 2 heterocycles. The van der Waals surface area contributed by atoms with Gasteiger partial charge in [-0.3, -0.25) is 14.8 Å². The van der Waals surface area contributed by atoms with Gasteiger partial charge in [0.2, 0.25) is 5.91 Å².